The molecule has 2 aromatic heterocycles. The van der Waals surface area contributed by atoms with Gasteiger partial charge in [-0.25, -0.2) is 14.6 Å². The number of carboxylic acids is 1. The Bertz CT molecular complexity index is 1610. The molecule has 2 aromatic carbocycles. The number of anilines is 2. The van der Waals surface area contributed by atoms with Crippen LogP contribution in [-0.4, -0.2) is 88.7 Å². The number of hydrogen-bond acceptors (Lipinski definition) is 9. The third-order valence-electron chi connectivity index (χ3n) is 7.43. The molecule has 0 spiro atoms. The molecule has 1 fully saturated rings. The lowest BCUT2D eigenvalue weighted by atomic mass is 10.2. The molecule has 5 rings (SSSR count). The normalized spacial score (nSPS) is 16.6. The maximum absolute atomic E-state index is 13.1. The monoisotopic (exact) mass is 614 g/mol. The SMILES string of the molecule is O=Cc1c(NC(CNC(=O)COC2CC(CNc3ccccn3)N(C(=O)OCc3ccccc3)C2)C(=O)O)[nH]c2ccccc12. The van der Waals surface area contributed by atoms with Gasteiger partial charge in [-0.3, -0.25) is 9.59 Å². The van der Waals surface area contributed by atoms with Crippen LogP contribution < -0.4 is 16.0 Å². The number of carbonyl (C=O) groups is 4. The van der Waals surface area contributed by atoms with Gasteiger partial charge in [0.15, 0.2) is 6.29 Å². The summed E-state index contributed by atoms with van der Waals surface area (Å²) in [5, 5.41) is 19.0. The van der Waals surface area contributed by atoms with E-state index in [0.29, 0.717) is 41.5 Å². The summed E-state index contributed by atoms with van der Waals surface area (Å²) >= 11 is 0. The fourth-order valence-corrected chi connectivity index (χ4v) is 5.14. The van der Waals surface area contributed by atoms with Crippen molar-refractivity contribution in [3.63, 3.8) is 0 Å². The fraction of sp³-hybridized carbons (Fsp3) is 0.281. The van der Waals surface area contributed by atoms with Gasteiger partial charge in [0.05, 0.1) is 24.3 Å². The van der Waals surface area contributed by atoms with Crippen LogP contribution in [0.5, 0.6) is 0 Å². The lowest BCUT2D eigenvalue weighted by molar-refractivity contribution is -0.138. The summed E-state index contributed by atoms with van der Waals surface area (Å²) in [4.78, 5) is 58.2. The van der Waals surface area contributed by atoms with Gasteiger partial charge in [-0.1, -0.05) is 54.6 Å². The van der Waals surface area contributed by atoms with E-state index in [1.54, 1.807) is 35.4 Å². The zero-order chi connectivity index (χ0) is 31.6. The van der Waals surface area contributed by atoms with Gasteiger partial charge in [-0.2, -0.15) is 0 Å². The van der Waals surface area contributed by atoms with Crippen LogP contribution in [0.4, 0.5) is 16.4 Å². The molecule has 1 saturated heterocycles. The number of carbonyl (C=O) groups excluding carboxylic acids is 3. The van der Waals surface area contributed by atoms with Crippen LogP contribution in [0.1, 0.15) is 22.3 Å². The average molecular weight is 615 g/mol. The van der Waals surface area contributed by atoms with Gasteiger partial charge in [0, 0.05) is 30.2 Å². The molecule has 3 heterocycles. The van der Waals surface area contributed by atoms with E-state index in [9.17, 15) is 24.3 Å². The number of H-pyrrole nitrogens is 1. The number of amides is 2. The number of likely N-dealkylation sites (tertiary alicyclic amines) is 1. The van der Waals surface area contributed by atoms with Gasteiger partial charge in [0.2, 0.25) is 5.91 Å². The standard InChI is InChI=1S/C32H34N6O7/c39-18-25-24-10-4-5-11-26(24)36-30(25)37-27(31(41)42)16-35-29(40)20-44-23-14-22(15-34-28-12-6-7-13-33-28)38(17-23)32(43)45-19-21-8-2-1-3-9-21/h1-13,18,22-23,27,36-37H,14-17,19-20H2,(H,33,34)(H,35,40)(H,41,42). The number of aromatic nitrogens is 2. The molecule has 1 aliphatic rings. The number of nitrogens with zero attached hydrogens (tertiary/aromatic N) is 2. The van der Waals surface area contributed by atoms with E-state index in [2.05, 4.69) is 25.9 Å². The van der Waals surface area contributed by atoms with Crippen molar-refractivity contribution < 1.29 is 33.8 Å². The molecule has 234 valence electrons. The lowest BCUT2D eigenvalue weighted by Gasteiger charge is -2.24. The van der Waals surface area contributed by atoms with Crippen molar-refractivity contribution in [3.05, 3.63) is 90.1 Å². The smallest absolute Gasteiger partial charge is 0.410 e. The second kappa shape index (κ2) is 14.8. The molecule has 4 aromatic rings. The molecule has 3 atom stereocenters. The molecule has 1 aliphatic heterocycles. The molecule has 0 radical (unpaired) electrons. The summed E-state index contributed by atoms with van der Waals surface area (Å²) in [7, 11) is 0. The third-order valence-corrected chi connectivity index (χ3v) is 7.43. The molecule has 0 saturated carbocycles. The van der Waals surface area contributed by atoms with Gasteiger partial charge in [-0.05, 0) is 30.2 Å². The summed E-state index contributed by atoms with van der Waals surface area (Å²) in [6.07, 6.45) is 1.81. The summed E-state index contributed by atoms with van der Waals surface area (Å²) in [5.74, 6) is -0.827. The van der Waals surface area contributed by atoms with Crippen LogP contribution in [0.3, 0.4) is 0 Å². The number of rotatable bonds is 14. The molecular formula is C32H34N6O7. The number of aldehydes is 1. The third kappa shape index (κ3) is 8.15. The first-order valence-electron chi connectivity index (χ1n) is 14.5. The van der Waals surface area contributed by atoms with Gasteiger partial charge in [0.25, 0.3) is 0 Å². The fourth-order valence-electron chi connectivity index (χ4n) is 5.14. The summed E-state index contributed by atoms with van der Waals surface area (Å²) < 4.78 is 11.4. The van der Waals surface area contributed by atoms with Crippen LogP contribution in [0.2, 0.25) is 0 Å². The highest BCUT2D eigenvalue weighted by Gasteiger charge is 2.37. The molecule has 13 heteroatoms. The Kier molecular flexibility index (Phi) is 10.2. The van der Waals surface area contributed by atoms with E-state index >= 15 is 0 Å². The van der Waals surface area contributed by atoms with Crippen molar-refractivity contribution >= 4 is 46.8 Å². The summed E-state index contributed by atoms with van der Waals surface area (Å²) in [5.41, 5.74) is 1.83. The number of benzene rings is 2. The average Bonchev–Trinajstić information content (AvgIpc) is 3.65. The zero-order valence-corrected chi connectivity index (χ0v) is 24.3. The minimum atomic E-state index is -1.22. The lowest BCUT2D eigenvalue weighted by Crippen LogP contribution is -2.43. The Morgan fingerprint density at radius 1 is 1.07 bits per heavy atom. The number of carboxylic acid groups (broad SMARTS) is 1. The second-order valence-corrected chi connectivity index (χ2v) is 10.5. The minimum Gasteiger partial charge on any atom is -0.480 e. The van der Waals surface area contributed by atoms with Gasteiger partial charge < -0.3 is 40.4 Å². The van der Waals surface area contributed by atoms with Crippen LogP contribution in [0.15, 0.2) is 79.0 Å². The van der Waals surface area contributed by atoms with Crippen molar-refractivity contribution in [2.75, 3.05) is 36.9 Å². The van der Waals surface area contributed by atoms with Crippen molar-refractivity contribution in [1.82, 2.24) is 20.2 Å². The molecule has 45 heavy (non-hydrogen) atoms. The Morgan fingerprint density at radius 2 is 1.84 bits per heavy atom. The maximum atomic E-state index is 13.1. The Morgan fingerprint density at radius 3 is 2.60 bits per heavy atom. The number of hydrogen-bond donors (Lipinski definition) is 5. The molecule has 5 N–H and O–H groups in total. The summed E-state index contributed by atoms with van der Waals surface area (Å²) in [6, 6.07) is 20.4. The number of nitrogens with one attached hydrogen (secondary N) is 4. The van der Waals surface area contributed by atoms with Crippen molar-refractivity contribution in [2.24, 2.45) is 0 Å². The molecule has 0 aliphatic carbocycles. The molecule has 0 bridgehead atoms. The predicted octanol–water partition coefficient (Wildman–Crippen LogP) is 3.27. The maximum Gasteiger partial charge on any atom is 0.410 e. The van der Waals surface area contributed by atoms with E-state index in [4.69, 9.17) is 9.47 Å². The molecule has 13 nitrogen and oxygen atoms in total. The topological polar surface area (TPSA) is 175 Å². The molecule has 3 unspecified atom stereocenters. The highest BCUT2D eigenvalue weighted by atomic mass is 16.6. The van der Waals surface area contributed by atoms with Gasteiger partial charge in [-0.15, -0.1) is 0 Å². The van der Waals surface area contributed by atoms with Crippen LogP contribution >= 0.6 is 0 Å². The first kappa shape index (κ1) is 31.0. The number of fused-ring (bicyclic) bond motifs is 1. The minimum absolute atomic E-state index is 0.121. The summed E-state index contributed by atoms with van der Waals surface area (Å²) in [6.45, 7) is 0.131. The number of para-hydroxylation sites is 1. The van der Waals surface area contributed by atoms with Crippen molar-refractivity contribution in [1.29, 1.82) is 0 Å². The highest BCUT2D eigenvalue weighted by Crippen LogP contribution is 2.25. The first-order chi connectivity index (χ1) is 21.9. The van der Waals surface area contributed by atoms with Crippen LogP contribution in [0, 0.1) is 0 Å². The van der Waals surface area contributed by atoms with Gasteiger partial charge >= 0.3 is 12.1 Å². The predicted molar refractivity (Wildman–Crippen MR) is 166 cm³/mol. The van der Waals surface area contributed by atoms with E-state index < -0.39 is 30.1 Å². The van der Waals surface area contributed by atoms with E-state index in [1.165, 1.54) is 0 Å². The largest absolute Gasteiger partial charge is 0.480 e. The molecule has 2 amide bonds. The number of ether oxygens (including phenoxy) is 2. The van der Waals surface area contributed by atoms with Crippen molar-refractivity contribution in [2.45, 2.75) is 31.2 Å². The Hall–Kier alpha value is -5.43. The van der Waals surface area contributed by atoms with Gasteiger partial charge in [0.1, 0.15) is 30.9 Å². The van der Waals surface area contributed by atoms with E-state index in [0.717, 1.165) is 5.56 Å². The zero-order valence-electron chi connectivity index (χ0n) is 24.3. The van der Waals surface area contributed by atoms with Crippen molar-refractivity contribution in [3.8, 4) is 0 Å². The quantitative estimate of drug-likeness (QED) is 0.133. The highest BCUT2D eigenvalue weighted by molar-refractivity contribution is 6.03. The second-order valence-electron chi connectivity index (χ2n) is 10.5. The number of aromatic amines is 1. The number of aliphatic carboxylic acids is 1. The molecular weight excluding hydrogens is 580 g/mol. The number of pyridine rings is 1. The van der Waals surface area contributed by atoms with Crippen LogP contribution in [-0.2, 0) is 25.7 Å². The van der Waals surface area contributed by atoms with E-state index in [-0.39, 0.29) is 38.2 Å². The van der Waals surface area contributed by atoms with Crippen LogP contribution in [0.25, 0.3) is 10.9 Å². The Labute approximate surface area is 258 Å². The van der Waals surface area contributed by atoms with E-state index in [1.807, 2.05) is 48.5 Å². The first-order valence-corrected chi connectivity index (χ1v) is 14.5. The Balaban J connectivity index is 1.15.